The molecule has 1 N–H and O–H groups in total. The number of fused-ring (bicyclic) bond motifs is 1. The number of methoxy groups -OCH3 is 1. The highest BCUT2D eigenvalue weighted by molar-refractivity contribution is 5.85. The van der Waals surface area contributed by atoms with Crippen molar-refractivity contribution in [2.24, 2.45) is 0 Å². The van der Waals surface area contributed by atoms with Crippen LogP contribution in [0.1, 0.15) is 19.4 Å². The lowest BCUT2D eigenvalue weighted by Gasteiger charge is -2.03. The van der Waals surface area contributed by atoms with Crippen LogP contribution in [-0.2, 0) is 0 Å². The van der Waals surface area contributed by atoms with E-state index in [0.717, 1.165) is 27.7 Å². The van der Waals surface area contributed by atoms with Crippen molar-refractivity contribution in [3.63, 3.8) is 0 Å². The fraction of sp³-hybridized carbons (Fsp3) is 0.222. The number of hydrogen-bond donors (Lipinski definition) is 1. The second kappa shape index (κ2) is 6.27. The van der Waals surface area contributed by atoms with E-state index in [1.807, 2.05) is 50.2 Å². The van der Waals surface area contributed by atoms with Crippen LogP contribution >= 0.6 is 0 Å². The Labute approximate surface area is 119 Å². The third-order valence-electron chi connectivity index (χ3n) is 2.90. The Morgan fingerprint density at radius 2 is 1.85 bits per heavy atom. The second-order valence-corrected chi connectivity index (χ2v) is 4.89. The maximum absolute atomic E-state index is 9.70. The molecule has 0 spiro atoms. The molecule has 0 aliphatic heterocycles. The summed E-state index contributed by atoms with van der Waals surface area (Å²) in [5, 5.41) is 11.9. The van der Waals surface area contributed by atoms with Crippen molar-refractivity contribution in [2.75, 3.05) is 7.11 Å². The van der Waals surface area contributed by atoms with Gasteiger partial charge in [-0.2, -0.15) is 0 Å². The van der Waals surface area contributed by atoms with Gasteiger partial charge in [-0.15, -0.1) is 0 Å². The van der Waals surface area contributed by atoms with E-state index in [4.69, 9.17) is 4.74 Å². The predicted molar refractivity (Wildman–Crippen MR) is 82.8 cm³/mol. The molecule has 2 rings (SSSR count). The number of hydrogen-bond acceptors (Lipinski definition) is 2. The van der Waals surface area contributed by atoms with Crippen molar-refractivity contribution in [2.45, 2.75) is 20.0 Å². The fourth-order valence-electron chi connectivity index (χ4n) is 1.94. The number of rotatable bonds is 2. The molecule has 0 radical (unpaired) electrons. The Bertz CT molecular complexity index is 698. The Morgan fingerprint density at radius 1 is 1.15 bits per heavy atom. The van der Waals surface area contributed by atoms with E-state index in [9.17, 15) is 5.11 Å². The van der Waals surface area contributed by atoms with E-state index in [1.54, 1.807) is 13.2 Å². The van der Waals surface area contributed by atoms with Crippen molar-refractivity contribution in [3.05, 3.63) is 53.6 Å². The zero-order valence-electron chi connectivity index (χ0n) is 12.0. The number of aliphatic hydroxyl groups is 1. The fourth-order valence-corrected chi connectivity index (χ4v) is 1.94. The molecular weight excluding hydrogens is 248 g/mol. The van der Waals surface area contributed by atoms with Crippen LogP contribution in [0.4, 0.5) is 0 Å². The Hall–Kier alpha value is -2.24. The summed E-state index contributed by atoms with van der Waals surface area (Å²) < 4.78 is 5.20. The molecule has 2 heteroatoms. The number of allylic oxidation sites excluding steroid dienone is 1. The highest BCUT2D eigenvalue weighted by atomic mass is 16.5. The first-order chi connectivity index (χ1) is 9.58. The summed E-state index contributed by atoms with van der Waals surface area (Å²) in [5.41, 5.74) is 1.95. The molecule has 0 fully saturated rings. The minimum absolute atomic E-state index is 0.716. The van der Waals surface area contributed by atoms with Gasteiger partial charge in [0.15, 0.2) is 0 Å². The van der Waals surface area contributed by atoms with Crippen molar-refractivity contribution in [3.8, 4) is 17.6 Å². The summed E-state index contributed by atoms with van der Waals surface area (Å²) in [6.07, 6.45) is 1.02. The average molecular weight is 266 g/mol. The standard InChI is InChI=1S/C18H18O2/c1-13(2)10-17(19)8-5-14-4-6-16-12-18(20-3)9-7-15(16)11-14/h4,6-7,9-12,17,19H,1-3H3. The number of ether oxygens (including phenoxy) is 1. The summed E-state index contributed by atoms with van der Waals surface area (Å²) in [6, 6.07) is 11.9. The Kier molecular flexibility index (Phi) is 4.45. The lowest BCUT2D eigenvalue weighted by molar-refractivity contribution is 0.280. The molecule has 2 aromatic carbocycles. The van der Waals surface area contributed by atoms with E-state index in [2.05, 4.69) is 11.8 Å². The van der Waals surface area contributed by atoms with Gasteiger partial charge < -0.3 is 9.84 Å². The Balaban J connectivity index is 2.29. The lowest BCUT2D eigenvalue weighted by atomic mass is 10.1. The van der Waals surface area contributed by atoms with E-state index in [1.165, 1.54) is 0 Å². The highest BCUT2D eigenvalue weighted by Crippen LogP contribution is 2.21. The van der Waals surface area contributed by atoms with Crippen LogP contribution in [0.25, 0.3) is 10.8 Å². The first-order valence-corrected chi connectivity index (χ1v) is 6.51. The maximum atomic E-state index is 9.70. The van der Waals surface area contributed by atoms with Crippen LogP contribution < -0.4 is 4.74 Å². The van der Waals surface area contributed by atoms with Crippen molar-refractivity contribution < 1.29 is 9.84 Å². The molecule has 0 amide bonds. The molecule has 1 atom stereocenters. The van der Waals surface area contributed by atoms with E-state index in [0.29, 0.717) is 0 Å². The molecule has 0 aliphatic rings. The molecule has 0 bridgehead atoms. The van der Waals surface area contributed by atoms with E-state index < -0.39 is 6.10 Å². The third kappa shape index (κ3) is 3.63. The molecular formula is C18H18O2. The van der Waals surface area contributed by atoms with Gasteiger partial charge in [0.05, 0.1) is 7.11 Å². The van der Waals surface area contributed by atoms with Crippen molar-refractivity contribution >= 4 is 10.8 Å². The SMILES string of the molecule is COc1ccc2cc(C#CC(O)C=C(C)C)ccc2c1. The Morgan fingerprint density at radius 3 is 2.55 bits per heavy atom. The van der Waals surface area contributed by atoms with Crippen LogP contribution in [0.2, 0.25) is 0 Å². The van der Waals surface area contributed by atoms with Gasteiger partial charge in [0, 0.05) is 5.56 Å². The summed E-state index contributed by atoms with van der Waals surface area (Å²) in [4.78, 5) is 0. The largest absolute Gasteiger partial charge is 0.497 e. The molecule has 0 heterocycles. The van der Waals surface area contributed by atoms with E-state index in [-0.39, 0.29) is 0 Å². The molecule has 0 aliphatic carbocycles. The monoisotopic (exact) mass is 266 g/mol. The lowest BCUT2D eigenvalue weighted by Crippen LogP contribution is -1.97. The van der Waals surface area contributed by atoms with Gasteiger partial charge in [-0.25, -0.2) is 0 Å². The molecule has 20 heavy (non-hydrogen) atoms. The summed E-state index contributed by atoms with van der Waals surface area (Å²) >= 11 is 0. The number of benzene rings is 2. The first kappa shape index (κ1) is 14.2. The molecule has 2 aromatic rings. The first-order valence-electron chi connectivity index (χ1n) is 6.51. The molecule has 0 saturated heterocycles. The van der Waals surface area contributed by atoms with Gasteiger partial charge in [-0.3, -0.25) is 0 Å². The highest BCUT2D eigenvalue weighted by Gasteiger charge is 1.98. The van der Waals surface area contributed by atoms with Gasteiger partial charge in [0.25, 0.3) is 0 Å². The summed E-state index contributed by atoms with van der Waals surface area (Å²) in [5.74, 6) is 6.66. The summed E-state index contributed by atoms with van der Waals surface area (Å²) in [7, 11) is 1.66. The van der Waals surface area contributed by atoms with E-state index >= 15 is 0 Å². The van der Waals surface area contributed by atoms with Gasteiger partial charge in [-0.05, 0) is 55.0 Å². The zero-order chi connectivity index (χ0) is 14.5. The van der Waals surface area contributed by atoms with Crippen LogP contribution in [0.3, 0.4) is 0 Å². The van der Waals surface area contributed by atoms with Gasteiger partial charge in [0.2, 0.25) is 0 Å². The topological polar surface area (TPSA) is 29.5 Å². The molecule has 102 valence electrons. The molecule has 2 nitrogen and oxygen atoms in total. The summed E-state index contributed by atoms with van der Waals surface area (Å²) in [6.45, 7) is 3.88. The quantitative estimate of drug-likeness (QED) is 0.665. The normalized spacial score (nSPS) is 11.4. The molecule has 0 saturated carbocycles. The van der Waals surface area contributed by atoms with Crippen molar-refractivity contribution in [1.29, 1.82) is 0 Å². The van der Waals surface area contributed by atoms with Crippen LogP contribution in [-0.4, -0.2) is 18.3 Å². The van der Waals surface area contributed by atoms with Gasteiger partial charge in [0.1, 0.15) is 11.9 Å². The van der Waals surface area contributed by atoms with Crippen molar-refractivity contribution in [1.82, 2.24) is 0 Å². The maximum Gasteiger partial charge on any atom is 0.133 e. The van der Waals surface area contributed by atoms with Gasteiger partial charge in [-0.1, -0.05) is 29.5 Å². The zero-order valence-corrected chi connectivity index (χ0v) is 12.0. The average Bonchev–Trinajstić information content (AvgIpc) is 2.43. The predicted octanol–water partition coefficient (Wildman–Crippen LogP) is 3.53. The minimum atomic E-state index is -0.716. The molecule has 1 unspecified atom stereocenters. The third-order valence-corrected chi connectivity index (χ3v) is 2.90. The van der Waals surface area contributed by atoms with Crippen LogP contribution in [0, 0.1) is 11.8 Å². The minimum Gasteiger partial charge on any atom is -0.497 e. The van der Waals surface area contributed by atoms with Crippen LogP contribution in [0.5, 0.6) is 5.75 Å². The van der Waals surface area contributed by atoms with Crippen LogP contribution in [0.15, 0.2) is 48.0 Å². The van der Waals surface area contributed by atoms with Gasteiger partial charge >= 0.3 is 0 Å². The molecule has 0 aromatic heterocycles. The number of aliphatic hydroxyl groups excluding tert-OH is 1. The second-order valence-electron chi connectivity index (χ2n) is 4.89. The smallest absolute Gasteiger partial charge is 0.133 e.